The van der Waals surface area contributed by atoms with Crippen LogP contribution in [-0.4, -0.2) is 36.5 Å². The van der Waals surface area contributed by atoms with Gasteiger partial charge in [0.2, 0.25) is 0 Å². The van der Waals surface area contributed by atoms with Crippen molar-refractivity contribution in [3.63, 3.8) is 0 Å². The van der Waals surface area contributed by atoms with Crippen molar-refractivity contribution in [1.29, 1.82) is 0 Å². The molecule has 0 aromatic heterocycles. The van der Waals surface area contributed by atoms with Crippen molar-refractivity contribution in [3.8, 4) is 0 Å². The largest absolute Gasteiger partial charge is 0.395 e. The number of aliphatic hydroxyl groups is 2. The Morgan fingerprint density at radius 2 is 1.79 bits per heavy atom. The molecular weight excluding hydrogens is 246 g/mol. The minimum absolute atomic E-state index is 0.0898. The highest BCUT2D eigenvalue weighted by atomic mass is 79.9. The van der Waals surface area contributed by atoms with Gasteiger partial charge in [-0.2, -0.15) is 0 Å². The number of benzene rings is 1. The number of rotatable bonds is 5. The molecule has 0 heterocycles. The van der Waals surface area contributed by atoms with Gasteiger partial charge < -0.3 is 15.1 Å². The molecule has 4 heteroatoms. The summed E-state index contributed by atoms with van der Waals surface area (Å²) in [5, 5.41) is 17.7. The highest BCUT2D eigenvalue weighted by Crippen LogP contribution is 2.19. The molecule has 1 aromatic carbocycles. The predicted octanol–water partition coefficient (Wildman–Crippen LogP) is 1.24. The summed E-state index contributed by atoms with van der Waals surface area (Å²) in [6.07, 6.45) is 0. The molecule has 0 amide bonds. The zero-order valence-electron chi connectivity index (χ0n) is 7.86. The van der Waals surface area contributed by atoms with Gasteiger partial charge >= 0.3 is 0 Å². The van der Waals surface area contributed by atoms with Crippen LogP contribution in [-0.2, 0) is 0 Å². The van der Waals surface area contributed by atoms with Gasteiger partial charge in [-0.15, -0.1) is 0 Å². The van der Waals surface area contributed by atoms with Crippen molar-refractivity contribution in [2.75, 3.05) is 31.2 Å². The molecule has 3 nitrogen and oxygen atoms in total. The molecule has 14 heavy (non-hydrogen) atoms. The topological polar surface area (TPSA) is 43.7 Å². The number of hydrogen-bond donors (Lipinski definition) is 2. The second kappa shape index (κ2) is 6.01. The number of hydrogen-bond acceptors (Lipinski definition) is 3. The van der Waals surface area contributed by atoms with E-state index < -0.39 is 0 Å². The summed E-state index contributed by atoms with van der Waals surface area (Å²) >= 11 is 3.38. The van der Waals surface area contributed by atoms with E-state index in [0.29, 0.717) is 13.1 Å². The van der Waals surface area contributed by atoms with E-state index >= 15 is 0 Å². The van der Waals surface area contributed by atoms with E-state index in [0.717, 1.165) is 10.2 Å². The van der Waals surface area contributed by atoms with Gasteiger partial charge in [0.15, 0.2) is 0 Å². The van der Waals surface area contributed by atoms with Gasteiger partial charge in [0.1, 0.15) is 0 Å². The maximum absolute atomic E-state index is 8.86. The maximum atomic E-state index is 8.86. The Morgan fingerprint density at radius 1 is 1.14 bits per heavy atom. The van der Waals surface area contributed by atoms with E-state index in [1.807, 2.05) is 29.2 Å². The Balaban J connectivity index is 2.75. The zero-order chi connectivity index (χ0) is 10.4. The van der Waals surface area contributed by atoms with E-state index in [9.17, 15) is 0 Å². The Labute approximate surface area is 92.1 Å². The first-order valence-corrected chi connectivity index (χ1v) is 5.29. The zero-order valence-corrected chi connectivity index (χ0v) is 9.44. The number of halogens is 1. The van der Waals surface area contributed by atoms with Crippen LogP contribution in [0.4, 0.5) is 5.69 Å². The molecule has 1 aromatic rings. The van der Waals surface area contributed by atoms with E-state index in [-0.39, 0.29) is 13.2 Å². The van der Waals surface area contributed by atoms with Crippen molar-refractivity contribution in [3.05, 3.63) is 28.7 Å². The maximum Gasteiger partial charge on any atom is 0.0606 e. The second-order valence-corrected chi connectivity index (χ2v) is 3.83. The molecule has 0 aliphatic carbocycles. The van der Waals surface area contributed by atoms with Gasteiger partial charge in [-0.1, -0.05) is 22.0 Å². The van der Waals surface area contributed by atoms with Crippen LogP contribution >= 0.6 is 15.9 Å². The molecule has 0 bridgehead atoms. The van der Waals surface area contributed by atoms with Crippen LogP contribution < -0.4 is 4.90 Å². The summed E-state index contributed by atoms with van der Waals surface area (Å²) in [6.45, 7) is 1.26. The lowest BCUT2D eigenvalue weighted by molar-refractivity contribution is 0.281. The van der Waals surface area contributed by atoms with Gasteiger partial charge in [0, 0.05) is 23.2 Å². The van der Waals surface area contributed by atoms with Crippen molar-refractivity contribution < 1.29 is 10.2 Å². The van der Waals surface area contributed by atoms with Crippen molar-refractivity contribution in [1.82, 2.24) is 0 Å². The van der Waals surface area contributed by atoms with Gasteiger partial charge in [-0.05, 0) is 18.2 Å². The molecule has 78 valence electrons. The normalized spacial score (nSPS) is 10.2. The van der Waals surface area contributed by atoms with E-state index in [1.54, 1.807) is 0 Å². The monoisotopic (exact) mass is 259 g/mol. The quantitative estimate of drug-likeness (QED) is 0.837. The van der Waals surface area contributed by atoms with Gasteiger partial charge in [0.25, 0.3) is 0 Å². The first-order chi connectivity index (χ1) is 6.77. The first-order valence-electron chi connectivity index (χ1n) is 4.50. The molecule has 0 saturated heterocycles. The molecule has 0 saturated carbocycles. The molecule has 0 atom stereocenters. The molecular formula is C10H14BrNO2. The summed E-state index contributed by atoms with van der Waals surface area (Å²) in [5.74, 6) is 0. The number of nitrogens with zero attached hydrogens (tertiary/aromatic N) is 1. The number of aliphatic hydroxyl groups excluding tert-OH is 2. The fourth-order valence-electron chi connectivity index (χ4n) is 1.28. The van der Waals surface area contributed by atoms with Crippen LogP contribution in [0.15, 0.2) is 28.7 Å². The summed E-state index contributed by atoms with van der Waals surface area (Å²) in [7, 11) is 0. The standard InChI is InChI=1S/C10H14BrNO2/c11-9-2-1-3-10(8-9)12(4-6-13)5-7-14/h1-3,8,13-14H,4-7H2. The number of anilines is 1. The fraction of sp³-hybridized carbons (Fsp3) is 0.400. The van der Waals surface area contributed by atoms with Crippen molar-refractivity contribution >= 4 is 21.6 Å². The Kier molecular flexibility index (Phi) is 4.93. The van der Waals surface area contributed by atoms with E-state index in [4.69, 9.17) is 10.2 Å². The third kappa shape index (κ3) is 3.29. The average molecular weight is 260 g/mol. The molecule has 0 unspecified atom stereocenters. The van der Waals surface area contributed by atoms with Gasteiger partial charge in [-0.3, -0.25) is 0 Å². The summed E-state index contributed by atoms with van der Waals surface area (Å²) < 4.78 is 0.996. The lowest BCUT2D eigenvalue weighted by Gasteiger charge is -2.22. The molecule has 0 radical (unpaired) electrons. The minimum Gasteiger partial charge on any atom is -0.395 e. The van der Waals surface area contributed by atoms with Crippen LogP contribution in [0.2, 0.25) is 0 Å². The average Bonchev–Trinajstić information content (AvgIpc) is 2.17. The molecule has 2 N–H and O–H groups in total. The highest BCUT2D eigenvalue weighted by Gasteiger charge is 2.04. The van der Waals surface area contributed by atoms with E-state index in [2.05, 4.69) is 15.9 Å². The smallest absolute Gasteiger partial charge is 0.0606 e. The summed E-state index contributed by atoms with van der Waals surface area (Å²) in [5.41, 5.74) is 1.00. The van der Waals surface area contributed by atoms with Gasteiger partial charge in [0.05, 0.1) is 13.2 Å². The first kappa shape index (κ1) is 11.5. The summed E-state index contributed by atoms with van der Waals surface area (Å²) in [6, 6.07) is 7.79. The lowest BCUT2D eigenvalue weighted by Crippen LogP contribution is -2.29. The Hall–Kier alpha value is -0.580. The molecule has 0 fully saturated rings. The predicted molar refractivity (Wildman–Crippen MR) is 60.5 cm³/mol. The second-order valence-electron chi connectivity index (χ2n) is 2.91. The van der Waals surface area contributed by atoms with Crippen LogP contribution in [0, 0.1) is 0 Å². The third-order valence-corrected chi connectivity index (χ3v) is 2.41. The Bertz CT molecular complexity index is 275. The SMILES string of the molecule is OCCN(CCO)c1cccc(Br)c1. The highest BCUT2D eigenvalue weighted by molar-refractivity contribution is 9.10. The van der Waals surface area contributed by atoms with Crippen molar-refractivity contribution in [2.24, 2.45) is 0 Å². The van der Waals surface area contributed by atoms with Gasteiger partial charge in [-0.25, -0.2) is 0 Å². The molecule has 0 spiro atoms. The van der Waals surface area contributed by atoms with Crippen LogP contribution in [0.5, 0.6) is 0 Å². The third-order valence-electron chi connectivity index (χ3n) is 1.91. The molecule has 0 aliphatic rings. The Morgan fingerprint density at radius 3 is 2.29 bits per heavy atom. The summed E-state index contributed by atoms with van der Waals surface area (Å²) in [4.78, 5) is 1.94. The molecule has 0 aliphatic heterocycles. The van der Waals surface area contributed by atoms with Crippen LogP contribution in [0.1, 0.15) is 0 Å². The van der Waals surface area contributed by atoms with E-state index in [1.165, 1.54) is 0 Å². The van der Waals surface area contributed by atoms with Crippen molar-refractivity contribution in [2.45, 2.75) is 0 Å². The van der Waals surface area contributed by atoms with Crippen LogP contribution in [0.3, 0.4) is 0 Å². The molecule has 1 rings (SSSR count). The van der Waals surface area contributed by atoms with Crippen LogP contribution in [0.25, 0.3) is 0 Å². The fourth-order valence-corrected chi connectivity index (χ4v) is 1.67. The lowest BCUT2D eigenvalue weighted by atomic mass is 10.3. The minimum atomic E-state index is 0.0898.